The smallest absolute Gasteiger partial charge is 0.106 e. The molecule has 1 saturated heterocycles. The van der Waals surface area contributed by atoms with Crippen LogP contribution in [0.1, 0.15) is 70.8 Å². The van der Waals surface area contributed by atoms with Gasteiger partial charge in [0.1, 0.15) is 11.2 Å². The summed E-state index contributed by atoms with van der Waals surface area (Å²) in [5, 5.41) is 22.1. The molecule has 4 saturated carbocycles. The Balaban J connectivity index is 1.40. The SMILES string of the molecule is C[C@]12CC[C@H](O)C[C@H]1CC[C@@H]1[C@@H]2CC[C@@]2(C)[C@@]13O[C@@H]3C[C@]2(O)c1ccoc1. The van der Waals surface area contributed by atoms with E-state index < -0.39 is 5.60 Å². The predicted molar refractivity (Wildman–Crippen MR) is 99.8 cm³/mol. The number of hydrogen-bond acceptors (Lipinski definition) is 4. The lowest BCUT2D eigenvalue weighted by Gasteiger charge is -2.61. The highest BCUT2D eigenvalue weighted by Crippen LogP contribution is 2.78. The Morgan fingerprint density at radius 2 is 1.93 bits per heavy atom. The van der Waals surface area contributed by atoms with Gasteiger partial charge in [-0.15, -0.1) is 0 Å². The first-order valence-corrected chi connectivity index (χ1v) is 11.0. The second-order valence-electron chi connectivity index (χ2n) is 10.8. The van der Waals surface area contributed by atoms with Gasteiger partial charge in [-0.3, -0.25) is 0 Å². The Bertz CT molecular complexity index is 760. The molecule has 2 N–H and O–H groups in total. The number of aliphatic hydroxyl groups is 2. The average Bonchev–Trinajstić information content (AvgIpc) is 3.03. The minimum atomic E-state index is -0.839. The Morgan fingerprint density at radius 3 is 2.70 bits per heavy atom. The van der Waals surface area contributed by atoms with E-state index in [0.29, 0.717) is 29.6 Å². The molecule has 5 aliphatic rings. The van der Waals surface area contributed by atoms with Crippen molar-refractivity contribution >= 4 is 0 Å². The molecule has 0 amide bonds. The lowest BCUT2D eigenvalue weighted by Crippen LogP contribution is -2.61. The molecule has 1 spiro atoms. The van der Waals surface area contributed by atoms with Gasteiger partial charge in [0.15, 0.2) is 0 Å². The van der Waals surface area contributed by atoms with Crippen molar-refractivity contribution in [1.29, 1.82) is 0 Å². The van der Waals surface area contributed by atoms with Crippen molar-refractivity contribution in [1.82, 2.24) is 0 Å². The van der Waals surface area contributed by atoms with Gasteiger partial charge in [0.05, 0.1) is 24.7 Å². The molecular formula is C23H32O4. The minimum Gasteiger partial charge on any atom is -0.472 e. The zero-order valence-corrected chi connectivity index (χ0v) is 16.5. The first-order chi connectivity index (χ1) is 12.9. The van der Waals surface area contributed by atoms with Crippen LogP contribution in [0, 0.1) is 28.6 Å². The second-order valence-corrected chi connectivity index (χ2v) is 10.8. The molecule has 9 atom stereocenters. The topological polar surface area (TPSA) is 66.1 Å². The largest absolute Gasteiger partial charge is 0.472 e. The van der Waals surface area contributed by atoms with Crippen molar-refractivity contribution < 1.29 is 19.4 Å². The molecular weight excluding hydrogens is 340 g/mol. The highest BCUT2D eigenvalue weighted by molar-refractivity contribution is 5.37. The van der Waals surface area contributed by atoms with E-state index in [0.717, 1.165) is 31.2 Å². The van der Waals surface area contributed by atoms with Gasteiger partial charge in [-0.2, -0.15) is 0 Å². The van der Waals surface area contributed by atoms with Crippen LogP contribution in [0.2, 0.25) is 0 Å². The molecule has 4 aliphatic carbocycles. The molecule has 0 unspecified atom stereocenters. The van der Waals surface area contributed by atoms with Crippen LogP contribution in [0.4, 0.5) is 0 Å². The van der Waals surface area contributed by atoms with Crippen LogP contribution in [-0.4, -0.2) is 28.0 Å². The number of fused-ring (bicyclic) bond motifs is 3. The van der Waals surface area contributed by atoms with Crippen molar-refractivity contribution in [3.63, 3.8) is 0 Å². The summed E-state index contributed by atoms with van der Waals surface area (Å²) in [6, 6.07) is 1.94. The third kappa shape index (κ3) is 1.78. The van der Waals surface area contributed by atoms with Gasteiger partial charge >= 0.3 is 0 Å². The lowest BCUT2D eigenvalue weighted by atomic mass is 9.43. The molecule has 4 nitrogen and oxygen atoms in total. The Kier molecular flexibility index (Phi) is 3.16. The lowest BCUT2D eigenvalue weighted by molar-refractivity contribution is -0.193. The van der Waals surface area contributed by atoms with Crippen LogP contribution in [0.3, 0.4) is 0 Å². The summed E-state index contributed by atoms with van der Waals surface area (Å²) in [4.78, 5) is 0. The summed E-state index contributed by atoms with van der Waals surface area (Å²) in [6.07, 6.45) is 11.8. The van der Waals surface area contributed by atoms with E-state index in [1.807, 2.05) is 6.07 Å². The van der Waals surface area contributed by atoms with Crippen molar-refractivity contribution in [2.75, 3.05) is 0 Å². The van der Waals surface area contributed by atoms with Crippen molar-refractivity contribution in [3.8, 4) is 0 Å². The van der Waals surface area contributed by atoms with E-state index >= 15 is 0 Å². The van der Waals surface area contributed by atoms with Crippen LogP contribution in [0.15, 0.2) is 23.0 Å². The fourth-order valence-corrected chi connectivity index (χ4v) is 8.63. The Hall–Kier alpha value is -0.840. The van der Waals surface area contributed by atoms with Gasteiger partial charge in [-0.05, 0) is 74.2 Å². The fourth-order valence-electron chi connectivity index (χ4n) is 8.63. The number of furan rings is 1. The number of aliphatic hydroxyl groups excluding tert-OH is 1. The van der Waals surface area contributed by atoms with E-state index in [4.69, 9.17) is 9.15 Å². The van der Waals surface area contributed by atoms with Gasteiger partial charge in [-0.25, -0.2) is 0 Å². The van der Waals surface area contributed by atoms with Crippen molar-refractivity contribution in [3.05, 3.63) is 24.2 Å². The standard InChI is InChI=1S/C23H32O4/c1-20-8-5-16(24)11-14(20)3-4-18-17(20)6-9-21(2)22(25,15-7-10-26-13-15)12-19-23(18,21)27-19/h7,10,13-14,16-19,24-25H,3-6,8-9,11-12H2,1-2H3/t14-,16+,17+,18-,19-,20+,21-,22+,23-/m1/s1. The van der Waals surface area contributed by atoms with Gasteiger partial charge < -0.3 is 19.4 Å². The third-order valence-electron chi connectivity index (χ3n) is 10.2. The highest BCUT2D eigenvalue weighted by atomic mass is 16.6. The van der Waals surface area contributed by atoms with Gasteiger partial charge in [-0.1, -0.05) is 13.8 Å². The van der Waals surface area contributed by atoms with Crippen molar-refractivity contribution in [2.45, 2.75) is 88.6 Å². The molecule has 4 heteroatoms. The number of rotatable bonds is 1. The Morgan fingerprint density at radius 1 is 1.07 bits per heavy atom. The summed E-state index contributed by atoms with van der Waals surface area (Å²) >= 11 is 0. The van der Waals surface area contributed by atoms with Crippen LogP contribution < -0.4 is 0 Å². The zero-order valence-electron chi connectivity index (χ0n) is 16.5. The predicted octanol–water partition coefficient (Wildman–Crippen LogP) is 4.00. The summed E-state index contributed by atoms with van der Waals surface area (Å²) in [6.45, 7) is 4.77. The van der Waals surface area contributed by atoms with E-state index in [2.05, 4.69) is 13.8 Å². The van der Waals surface area contributed by atoms with E-state index in [1.165, 1.54) is 19.3 Å². The summed E-state index contributed by atoms with van der Waals surface area (Å²) in [7, 11) is 0. The second kappa shape index (κ2) is 5.01. The van der Waals surface area contributed by atoms with E-state index in [-0.39, 0.29) is 23.2 Å². The minimum absolute atomic E-state index is 0.103. The molecule has 1 aromatic rings. The maximum atomic E-state index is 11.9. The zero-order chi connectivity index (χ0) is 18.7. The molecule has 2 heterocycles. The van der Waals surface area contributed by atoms with Gasteiger partial charge in [0.2, 0.25) is 0 Å². The average molecular weight is 373 g/mol. The number of ether oxygens (including phenoxy) is 1. The van der Waals surface area contributed by atoms with Crippen LogP contribution in [0.25, 0.3) is 0 Å². The Labute approximate surface area is 161 Å². The number of epoxide rings is 1. The number of hydrogen-bond donors (Lipinski definition) is 2. The molecule has 1 aliphatic heterocycles. The molecule has 0 aromatic carbocycles. The fraction of sp³-hybridized carbons (Fsp3) is 0.826. The maximum absolute atomic E-state index is 11.9. The summed E-state index contributed by atoms with van der Waals surface area (Å²) < 4.78 is 11.9. The first-order valence-electron chi connectivity index (χ1n) is 11.0. The first kappa shape index (κ1) is 17.1. The summed E-state index contributed by atoms with van der Waals surface area (Å²) in [5.41, 5.74) is 0.0118. The van der Waals surface area contributed by atoms with Gasteiger partial charge in [0.25, 0.3) is 0 Å². The third-order valence-corrected chi connectivity index (χ3v) is 10.2. The molecule has 5 fully saturated rings. The van der Waals surface area contributed by atoms with Gasteiger partial charge in [0, 0.05) is 17.4 Å². The molecule has 0 bridgehead atoms. The van der Waals surface area contributed by atoms with Crippen LogP contribution in [-0.2, 0) is 10.3 Å². The van der Waals surface area contributed by atoms with E-state index in [9.17, 15) is 10.2 Å². The van der Waals surface area contributed by atoms with Crippen LogP contribution >= 0.6 is 0 Å². The molecule has 27 heavy (non-hydrogen) atoms. The van der Waals surface area contributed by atoms with Crippen LogP contribution in [0.5, 0.6) is 0 Å². The molecule has 148 valence electrons. The monoisotopic (exact) mass is 372 g/mol. The normalized spacial score (nSPS) is 58.7. The maximum Gasteiger partial charge on any atom is 0.106 e. The summed E-state index contributed by atoms with van der Waals surface area (Å²) in [5.74, 6) is 1.85. The highest BCUT2D eigenvalue weighted by Gasteiger charge is 2.84. The van der Waals surface area contributed by atoms with Crippen molar-refractivity contribution in [2.24, 2.45) is 28.6 Å². The molecule has 0 radical (unpaired) electrons. The van der Waals surface area contributed by atoms with E-state index in [1.54, 1.807) is 12.5 Å². The molecule has 1 aromatic heterocycles. The molecule has 6 rings (SSSR count). The quantitative estimate of drug-likeness (QED) is 0.731.